The van der Waals surface area contributed by atoms with Gasteiger partial charge in [-0.3, -0.25) is 14.5 Å². The van der Waals surface area contributed by atoms with Gasteiger partial charge in [0.15, 0.2) is 0 Å². The zero-order chi connectivity index (χ0) is 31.7. The molecule has 0 spiro atoms. The summed E-state index contributed by atoms with van der Waals surface area (Å²) in [5.74, 6) is -2.59. The smallest absolute Gasteiger partial charge is 0.471 e. The van der Waals surface area contributed by atoms with Crippen molar-refractivity contribution in [3.63, 3.8) is 0 Å². The number of ether oxygens (including phenoxy) is 3. The summed E-state index contributed by atoms with van der Waals surface area (Å²) >= 11 is 0. The molecular formula is C33H28F3N3O6. The highest BCUT2D eigenvalue weighted by Crippen LogP contribution is 2.47. The number of carbonyl (C=O) groups is 2. The van der Waals surface area contributed by atoms with Crippen molar-refractivity contribution >= 4 is 34.6 Å². The number of rotatable bonds is 9. The lowest BCUT2D eigenvalue weighted by Crippen LogP contribution is -2.44. The van der Waals surface area contributed by atoms with Crippen LogP contribution in [0, 0.1) is 0 Å². The fourth-order valence-corrected chi connectivity index (χ4v) is 5.57. The summed E-state index contributed by atoms with van der Waals surface area (Å²) in [6, 6.07) is 22.8. The van der Waals surface area contributed by atoms with Crippen LogP contribution >= 0.6 is 0 Å². The monoisotopic (exact) mass is 619 g/mol. The third kappa shape index (κ3) is 6.03. The van der Waals surface area contributed by atoms with Gasteiger partial charge in [0.2, 0.25) is 0 Å². The van der Waals surface area contributed by atoms with Crippen LogP contribution in [0.15, 0.2) is 84.9 Å². The number of carbonyl (C=O) groups excluding carboxylic acids is 1. The summed E-state index contributed by atoms with van der Waals surface area (Å²) in [7, 11) is 0. The number of hydrogen-bond donors (Lipinski definition) is 3. The van der Waals surface area contributed by atoms with E-state index in [4.69, 9.17) is 19.9 Å². The number of aliphatic carboxylic acids is 1. The summed E-state index contributed by atoms with van der Waals surface area (Å²) in [5, 5.41) is 12.4. The number of benzene rings is 4. The van der Waals surface area contributed by atoms with Crippen LogP contribution in [0.1, 0.15) is 35.1 Å². The van der Waals surface area contributed by atoms with E-state index in [-0.39, 0.29) is 36.8 Å². The van der Waals surface area contributed by atoms with Crippen LogP contribution < -0.4 is 30.2 Å². The summed E-state index contributed by atoms with van der Waals surface area (Å²) in [4.78, 5) is 24.8. The number of amides is 1. The number of nitrogens with zero attached hydrogens (tertiary/aromatic N) is 1. The highest BCUT2D eigenvalue weighted by atomic mass is 19.4. The average Bonchev–Trinajstić information content (AvgIpc) is 3.62. The fraction of sp³-hybridized carbons (Fsp3) is 0.212. The van der Waals surface area contributed by atoms with Gasteiger partial charge in [-0.25, -0.2) is 0 Å². The van der Waals surface area contributed by atoms with Crippen molar-refractivity contribution in [2.75, 3.05) is 29.2 Å². The Balaban J connectivity index is 1.29. The zero-order valence-corrected chi connectivity index (χ0v) is 23.7. The van der Waals surface area contributed by atoms with E-state index in [9.17, 15) is 27.9 Å². The molecule has 4 N–H and O–H groups in total. The van der Waals surface area contributed by atoms with Gasteiger partial charge in [-0.2, -0.15) is 13.2 Å². The number of para-hydroxylation sites is 2. The Kier molecular flexibility index (Phi) is 7.88. The molecule has 0 unspecified atom stereocenters. The molecule has 2 aliphatic rings. The maximum atomic E-state index is 13.9. The molecule has 2 heterocycles. The minimum Gasteiger partial charge on any atom is -0.493 e. The zero-order valence-electron chi connectivity index (χ0n) is 23.7. The molecule has 0 aromatic heterocycles. The second kappa shape index (κ2) is 11.9. The Morgan fingerprint density at radius 1 is 0.933 bits per heavy atom. The highest BCUT2D eigenvalue weighted by Gasteiger charge is 2.48. The molecule has 4 aromatic carbocycles. The van der Waals surface area contributed by atoms with Crippen molar-refractivity contribution in [1.82, 2.24) is 0 Å². The molecule has 0 radical (unpaired) electrons. The number of carboxylic acid groups (broad SMARTS) is 1. The van der Waals surface area contributed by atoms with Crippen LogP contribution in [0.5, 0.6) is 17.2 Å². The van der Waals surface area contributed by atoms with E-state index in [1.165, 1.54) is 18.2 Å². The number of nitrogen functional groups attached to an aromatic ring is 1. The van der Waals surface area contributed by atoms with E-state index in [1.807, 2.05) is 30.3 Å². The second-order valence-electron chi connectivity index (χ2n) is 10.7. The van der Waals surface area contributed by atoms with Crippen molar-refractivity contribution in [2.45, 2.75) is 31.2 Å². The molecule has 0 fully saturated rings. The minimum atomic E-state index is -5.18. The van der Waals surface area contributed by atoms with Crippen LogP contribution in [0.2, 0.25) is 0 Å². The van der Waals surface area contributed by atoms with Gasteiger partial charge in [-0.05, 0) is 29.8 Å². The first-order chi connectivity index (χ1) is 21.6. The standard InChI is InChI=1S/C33H28F3N3O6/c34-33(35,36)32(42)39(21-12-13-22-20(14-29(40)41)17-44-28(22)15-21)26-18-45-31-23(26)8-4-10-25(31)38-24-9-5-11-27(30(24)37)43-16-19-6-2-1-3-7-19/h1-13,15,20,26,38H,14,16-18,37H2,(H,40,41)/t20-,26-/m1/s1. The summed E-state index contributed by atoms with van der Waals surface area (Å²) in [6.45, 7) is 0.131. The largest absolute Gasteiger partial charge is 0.493 e. The van der Waals surface area contributed by atoms with E-state index < -0.39 is 30.0 Å². The van der Waals surface area contributed by atoms with Crippen molar-refractivity contribution in [2.24, 2.45) is 0 Å². The molecule has 232 valence electrons. The molecule has 0 saturated carbocycles. The van der Waals surface area contributed by atoms with E-state index in [0.717, 1.165) is 5.56 Å². The fourth-order valence-electron chi connectivity index (χ4n) is 5.57. The Bertz CT molecular complexity index is 1750. The number of fused-ring (bicyclic) bond motifs is 2. The van der Waals surface area contributed by atoms with Gasteiger partial charge in [-0.15, -0.1) is 0 Å². The molecule has 0 bridgehead atoms. The molecule has 0 saturated heterocycles. The van der Waals surface area contributed by atoms with E-state index >= 15 is 0 Å². The molecule has 0 aliphatic carbocycles. The lowest BCUT2D eigenvalue weighted by molar-refractivity contribution is -0.171. The summed E-state index contributed by atoms with van der Waals surface area (Å²) in [5.41, 5.74) is 9.50. The first-order valence-electron chi connectivity index (χ1n) is 14.1. The molecule has 9 nitrogen and oxygen atoms in total. The van der Waals surface area contributed by atoms with Crippen LogP contribution in [-0.4, -0.2) is 36.4 Å². The Hall–Kier alpha value is -5.39. The van der Waals surface area contributed by atoms with Gasteiger partial charge in [0.1, 0.15) is 30.5 Å². The van der Waals surface area contributed by atoms with Crippen LogP contribution in [0.25, 0.3) is 0 Å². The van der Waals surface area contributed by atoms with Crippen molar-refractivity contribution in [3.8, 4) is 17.2 Å². The quantitative estimate of drug-likeness (QED) is 0.180. The van der Waals surface area contributed by atoms with Crippen molar-refractivity contribution in [3.05, 3.63) is 102 Å². The summed E-state index contributed by atoms with van der Waals surface area (Å²) in [6.07, 6.45) is -5.37. The first kappa shape index (κ1) is 29.7. The topological polar surface area (TPSA) is 123 Å². The van der Waals surface area contributed by atoms with E-state index in [1.54, 1.807) is 36.4 Å². The third-order valence-corrected chi connectivity index (χ3v) is 7.71. The van der Waals surface area contributed by atoms with E-state index in [2.05, 4.69) is 5.32 Å². The lowest BCUT2D eigenvalue weighted by atomic mass is 9.97. The van der Waals surface area contributed by atoms with Gasteiger partial charge in [0.05, 0.1) is 36.1 Å². The number of anilines is 4. The SMILES string of the molecule is Nc1c(Nc2cccc3c2OC[C@H]3N(C(=O)C(F)(F)F)c2ccc3c(c2)OC[C@H]3CC(=O)O)cccc1OCc1ccccc1. The molecule has 45 heavy (non-hydrogen) atoms. The molecule has 12 heteroatoms. The van der Waals surface area contributed by atoms with E-state index in [0.29, 0.717) is 45.4 Å². The maximum Gasteiger partial charge on any atom is 0.471 e. The number of hydrogen-bond acceptors (Lipinski definition) is 7. The van der Waals surface area contributed by atoms with Crippen molar-refractivity contribution < 1.29 is 42.1 Å². The maximum absolute atomic E-state index is 13.9. The Morgan fingerprint density at radius 2 is 1.69 bits per heavy atom. The van der Waals surface area contributed by atoms with Crippen LogP contribution in [0.3, 0.4) is 0 Å². The van der Waals surface area contributed by atoms with Gasteiger partial charge in [0, 0.05) is 28.8 Å². The molecule has 2 atom stereocenters. The number of halogens is 3. The Labute approximate surface area is 255 Å². The van der Waals surface area contributed by atoms with Crippen molar-refractivity contribution in [1.29, 1.82) is 0 Å². The average molecular weight is 620 g/mol. The van der Waals surface area contributed by atoms with Crippen LogP contribution in [-0.2, 0) is 16.2 Å². The highest BCUT2D eigenvalue weighted by molar-refractivity contribution is 5.99. The number of nitrogens with two attached hydrogens (primary N) is 1. The minimum absolute atomic E-state index is 0.0561. The second-order valence-corrected chi connectivity index (χ2v) is 10.7. The molecule has 6 rings (SSSR count). The first-order valence-corrected chi connectivity index (χ1v) is 14.1. The van der Waals surface area contributed by atoms with Gasteiger partial charge in [0.25, 0.3) is 0 Å². The molecule has 2 aliphatic heterocycles. The van der Waals surface area contributed by atoms with Gasteiger partial charge in [-0.1, -0.05) is 54.6 Å². The third-order valence-electron chi connectivity index (χ3n) is 7.71. The predicted molar refractivity (Wildman–Crippen MR) is 160 cm³/mol. The Morgan fingerprint density at radius 3 is 2.44 bits per heavy atom. The number of carboxylic acids is 1. The number of alkyl halides is 3. The number of nitrogens with one attached hydrogen (secondary N) is 1. The lowest BCUT2D eigenvalue weighted by Gasteiger charge is -2.29. The van der Waals surface area contributed by atoms with Crippen LogP contribution in [0.4, 0.5) is 35.9 Å². The molecule has 1 amide bonds. The van der Waals surface area contributed by atoms with Gasteiger partial charge >= 0.3 is 18.1 Å². The normalized spacial score (nSPS) is 16.6. The molecular weight excluding hydrogens is 591 g/mol. The summed E-state index contributed by atoms with van der Waals surface area (Å²) < 4.78 is 59.3. The predicted octanol–water partition coefficient (Wildman–Crippen LogP) is 6.57. The molecule has 4 aromatic rings. The van der Waals surface area contributed by atoms with Gasteiger partial charge < -0.3 is 30.4 Å².